The van der Waals surface area contributed by atoms with Gasteiger partial charge in [0.2, 0.25) is 5.91 Å². The van der Waals surface area contributed by atoms with Crippen molar-refractivity contribution in [1.29, 1.82) is 0 Å². The summed E-state index contributed by atoms with van der Waals surface area (Å²) in [6.07, 6.45) is 0. The standard InChI is InChI=1S/C15H17N3O2/c1-9-7-11(20-2)4-6-13(9)18-14-5-3-10(15(17)19)8-12(14)16/h3-8,18H,16H2,1-2H3,(H2,17,19). The maximum atomic E-state index is 11.1. The number of rotatable bonds is 4. The fourth-order valence-corrected chi connectivity index (χ4v) is 1.88. The molecular weight excluding hydrogens is 254 g/mol. The second-order valence-corrected chi connectivity index (χ2v) is 4.47. The highest BCUT2D eigenvalue weighted by Gasteiger charge is 2.07. The Labute approximate surface area is 117 Å². The Hall–Kier alpha value is -2.69. The van der Waals surface area contributed by atoms with Gasteiger partial charge in [-0.3, -0.25) is 4.79 Å². The molecule has 5 N–H and O–H groups in total. The molecular formula is C15H17N3O2. The molecule has 0 fully saturated rings. The smallest absolute Gasteiger partial charge is 0.248 e. The van der Waals surface area contributed by atoms with Gasteiger partial charge in [0.1, 0.15) is 5.75 Å². The zero-order valence-corrected chi connectivity index (χ0v) is 11.4. The number of ether oxygens (including phenoxy) is 1. The van der Waals surface area contributed by atoms with E-state index < -0.39 is 5.91 Å². The van der Waals surface area contributed by atoms with Crippen LogP contribution < -0.4 is 21.5 Å². The van der Waals surface area contributed by atoms with Crippen LogP contribution in [0.15, 0.2) is 36.4 Å². The minimum atomic E-state index is -0.496. The topological polar surface area (TPSA) is 90.4 Å². The van der Waals surface area contributed by atoms with Crippen LogP contribution in [0.4, 0.5) is 17.1 Å². The zero-order valence-electron chi connectivity index (χ0n) is 11.4. The Morgan fingerprint density at radius 3 is 2.40 bits per heavy atom. The third kappa shape index (κ3) is 2.83. The van der Waals surface area contributed by atoms with Crippen molar-refractivity contribution in [2.45, 2.75) is 6.92 Å². The molecule has 0 unspecified atom stereocenters. The number of nitrogen functional groups attached to an aromatic ring is 1. The van der Waals surface area contributed by atoms with Gasteiger partial charge in [-0.25, -0.2) is 0 Å². The summed E-state index contributed by atoms with van der Waals surface area (Å²) >= 11 is 0. The molecule has 5 nitrogen and oxygen atoms in total. The molecule has 0 atom stereocenters. The SMILES string of the molecule is COc1ccc(Nc2ccc(C(N)=O)cc2N)c(C)c1. The number of anilines is 3. The summed E-state index contributed by atoms with van der Waals surface area (Å²) in [5, 5.41) is 3.23. The molecule has 0 aliphatic heterocycles. The predicted molar refractivity (Wildman–Crippen MR) is 80.4 cm³/mol. The summed E-state index contributed by atoms with van der Waals surface area (Å²) in [7, 11) is 1.63. The maximum Gasteiger partial charge on any atom is 0.248 e. The third-order valence-electron chi connectivity index (χ3n) is 3.04. The molecule has 0 spiro atoms. The van der Waals surface area contributed by atoms with E-state index in [9.17, 15) is 4.79 Å². The number of nitrogens with two attached hydrogens (primary N) is 2. The minimum Gasteiger partial charge on any atom is -0.497 e. The fraction of sp³-hybridized carbons (Fsp3) is 0.133. The Kier molecular flexibility index (Phi) is 3.79. The van der Waals surface area contributed by atoms with Crippen molar-refractivity contribution in [1.82, 2.24) is 0 Å². The van der Waals surface area contributed by atoms with Crippen LogP contribution >= 0.6 is 0 Å². The molecule has 5 heteroatoms. The Bertz CT molecular complexity index is 654. The third-order valence-corrected chi connectivity index (χ3v) is 3.04. The van der Waals surface area contributed by atoms with Crippen LogP contribution in [0.3, 0.4) is 0 Å². The predicted octanol–water partition coefficient (Wildman–Crippen LogP) is 2.43. The van der Waals surface area contributed by atoms with E-state index in [2.05, 4.69) is 5.32 Å². The van der Waals surface area contributed by atoms with E-state index in [1.807, 2.05) is 25.1 Å². The van der Waals surface area contributed by atoms with Crippen molar-refractivity contribution in [2.24, 2.45) is 5.73 Å². The van der Waals surface area contributed by atoms with Crippen LogP contribution in [0.2, 0.25) is 0 Å². The lowest BCUT2D eigenvalue weighted by atomic mass is 10.1. The first kappa shape index (κ1) is 13.7. The minimum absolute atomic E-state index is 0.388. The molecule has 0 aromatic heterocycles. The van der Waals surface area contributed by atoms with Gasteiger partial charge in [-0.05, 0) is 48.9 Å². The number of carbonyl (C=O) groups is 1. The number of methoxy groups -OCH3 is 1. The Balaban J connectivity index is 2.28. The van der Waals surface area contributed by atoms with E-state index in [0.717, 1.165) is 22.7 Å². The molecule has 0 saturated carbocycles. The summed E-state index contributed by atoms with van der Waals surface area (Å²) in [4.78, 5) is 11.1. The van der Waals surface area contributed by atoms with Crippen LogP contribution in [-0.2, 0) is 0 Å². The summed E-state index contributed by atoms with van der Waals surface area (Å²) in [6.45, 7) is 1.97. The number of nitrogens with one attached hydrogen (secondary N) is 1. The van der Waals surface area contributed by atoms with Gasteiger partial charge < -0.3 is 21.5 Å². The first-order valence-corrected chi connectivity index (χ1v) is 6.12. The van der Waals surface area contributed by atoms with Gasteiger partial charge in [0.15, 0.2) is 0 Å². The van der Waals surface area contributed by atoms with E-state index in [1.165, 1.54) is 0 Å². The lowest BCUT2D eigenvalue weighted by molar-refractivity contribution is 0.100. The quantitative estimate of drug-likeness (QED) is 0.745. The number of hydrogen-bond acceptors (Lipinski definition) is 4. The summed E-state index contributed by atoms with van der Waals surface area (Å²) in [5.74, 6) is 0.300. The molecule has 2 aromatic carbocycles. The Morgan fingerprint density at radius 2 is 1.85 bits per heavy atom. The highest BCUT2D eigenvalue weighted by Crippen LogP contribution is 2.28. The lowest BCUT2D eigenvalue weighted by Crippen LogP contribution is -2.11. The number of benzene rings is 2. The van der Waals surface area contributed by atoms with Crippen molar-refractivity contribution < 1.29 is 9.53 Å². The monoisotopic (exact) mass is 271 g/mol. The van der Waals surface area contributed by atoms with Crippen molar-refractivity contribution in [2.75, 3.05) is 18.2 Å². The molecule has 0 radical (unpaired) electrons. The first-order chi connectivity index (χ1) is 9.51. The second kappa shape index (κ2) is 5.52. The van der Waals surface area contributed by atoms with Crippen molar-refractivity contribution >= 4 is 23.0 Å². The molecule has 0 bridgehead atoms. The van der Waals surface area contributed by atoms with E-state index >= 15 is 0 Å². The molecule has 2 rings (SSSR count). The first-order valence-electron chi connectivity index (χ1n) is 6.12. The number of hydrogen-bond donors (Lipinski definition) is 3. The summed E-state index contributed by atoms with van der Waals surface area (Å²) in [5.41, 5.74) is 14.7. The highest BCUT2D eigenvalue weighted by molar-refractivity contribution is 5.95. The molecule has 2 aromatic rings. The van der Waals surface area contributed by atoms with Crippen molar-refractivity contribution in [3.05, 3.63) is 47.5 Å². The van der Waals surface area contributed by atoms with Gasteiger partial charge in [-0.1, -0.05) is 0 Å². The lowest BCUT2D eigenvalue weighted by Gasteiger charge is -2.13. The normalized spacial score (nSPS) is 10.1. The Morgan fingerprint density at radius 1 is 1.15 bits per heavy atom. The van der Waals surface area contributed by atoms with E-state index in [0.29, 0.717) is 11.3 Å². The van der Waals surface area contributed by atoms with E-state index in [4.69, 9.17) is 16.2 Å². The van der Waals surface area contributed by atoms with Crippen molar-refractivity contribution in [3.63, 3.8) is 0 Å². The molecule has 0 aliphatic rings. The largest absolute Gasteiger partial charge is 0.497 e. The molecule has 20 heavy (non-hydrogen) atoms. The van der Waals surface area contributed by atoms with Crippen LogP contribution in [0.1, 0.15) is 15.9 Å². The maximum absolute atomic E-state index is 11.1. The van der Waals surface area contributed by atoms with E-state index in [-0.39, 0.29) is 0 Å². The highest BCUT2D eigenvalue weighted by atomic mass is 16.5. The van der Waals surface area contributed by atoms with Crippen molar-refractivity contribution in [3.8, 4) is 5.75 Å². The summed E-state index contributed by atoms with van der Waals surface area (Å²) in [6, 6.07) is 10.6. The van der Waals surface area contributed by atoms with Gasteiger partial charge in [-0.15, -0.1) is 0 Å². The second-order valence-electron chi connectivity index (χ2n) is 4.47. The van der Waals surface area contributed by atoms with Gasteiger partial charge >= 0.3 is 0 Å². The van der Waals surface area contributed by atoms with Gasteiger partial charge in [0.05, 0.1) is 18.5 Å². The van der Waals surface area contributed by atoms with Gasteiger partial charge in [0, 0.05) is 11.3 Å². The van der Waals surface area contributed by atoms with Crippen LogP contribution in [0.5, 0.6) is 5.75 Å². The van der Waals surface area contributed by atoms with E-state index in [1.54, 1.807) is 25.3 Å². The number of aryl methyl sites for hydroxylation is 1. The summed E-state index contributed by atoms with van der Waals surface area (Å²) < 4.78 is 5.16. The average molecular weight is 271 g/mol. The van der Waals surface area contributed by atoms with Crippen LogP contribution in [-0.4, -0.2) is 13.0 Å². The zero-order chi connectivity index (χ0) is 14.7. The van der Waals surface area contributed by atoms with Crippen LogP contribution in [0, 0.1) is 6.92 Å². The van der Waals surface area contributed by atoms with Gasteiger partial charge in [0.25, 0.3) is 0 Å². The van der Waals surface area contributed by atoms with Crippen LogP contribution in [0.25, 0.3) is 0 Å². The molecule has 0 heterocycles. The molecule has 0 saturated heterocycles. The average Bonchev–Trinajstić information content (AvgIpc) is 2.42. The van der Waals surface area contributed by atoms with Gasteiger partial charge in [-0.2, -0.15) is 0 Å². The number of primary amides is 1. The molecule has 1 amide bonds. The molecule has 104 valence electrons. The number of carbonyl (C=O) groups excluding carboxylic acids is 1. The fourth-order valence-electron chi connectivity index (χ4n) is 1.88. The number of amides is 1. The molecule has 0 aliphatic carbocycles.